The van der Waals surface area contributed by atoms with Crippen LogP contribution < -0.4 is 4.74 Å². The predicted molar refractivity (Wildman–Crippen MR) is 68.2 cm³/mol. The van der Waals surface area contributed by atoms with Gasteiger partial charge in [-0.15, -0.1) is 0 Å². The third kappa shape index (κ3) is 3.00. The van der Waals surface area contributed by atoms with Crippen LogP contribution >= 0.6 is 0 Å². The minimum absolute atomic E-state index is 0.231. The van der Waals surface area contributed by atoms with E-state index in [1.165, 1.54) is 13.0 Å². The zero-order chi connectivity index (χ0) is 12.5. The van der Waals surface area contributed by atoms with Gasteiger partial charge in [-0.3, -0.25) is 4.90 Å². The van der Waals surface area contributed by atoms with Crippen molar-refractivity contribution in [3.8, 4) is 5.88 Å². The van der Waals surface area contributed by atoms with Crippen LogP contribution in [0.2, 0.25) is 0 Å². The summed E-state index contributed by atoms with van der Waals surface area (Å²) >= 11 is 0. The summed E-state index contributed by atoms with van der Waals surface area (Å²) in [6, 6.07) is 1.93. The Hall–Kier alpha value is -1.03. The van der Waals surface area contributed by atoms with Crippen LogP contribution in [0.5, 0.6) is 5.88 Å². The molecule has 4 heteroatoms. The van der Waals surface area contributed by atoms with Crippen LogP contribution in [0.3, 0.4) is 0 Å². The quantitative estimate of drug-likeness (QED) is 0.788. The molecule has 0 bridgehead atoms. The highest BCUT2D eigenvalue weighted by atomic mass is 16.5. The van der Waals surface area contributed by atoms with E-state index in [9.17, 15) is 0 Å². The number of piperidine rings is 1. The Kier molecular flexibility index (Phi) is 3.43. The lowest BCUT2D eigenvalue weighted by atomic mass is 9.99. The minimum atomic E-state index is 0.231. The highest BCUT2D eigenvalue weighted by molar-refractivity contribution is 5.07. The molecule has 2 heterocycles. The molecule has 1 aromatic heterocycles. The number of likely N-dealkylation sites (tertiary alicyclic amines) is 1. The molecule has 0 radical (unpaired) electrons. The fourth-order valence-electron chi connectivity index (χ4n) is 2.29. The molecule has 2 rings (SSSR count). The standard InChI is InChI=1S/C13H23N3O/c1-13(2,3)16-9-5-6-11(10-16)17-12-7-8-14-15(12)4/h7-8,11H,5-6,9-10H2,1-4H3. The Labute approximate surface area is 104 Å². The topological polar surface area (TPSA) is 30.3 Å². The molecule has 1 aliphatic rings. The van der Waals surface area contributed by atoms with Crippen LogP contribution in [0.1, 0.15) is 33.6 Å². The largest absolute Gasteiger partial charge is 0.473 e. The summed E-state index contributed by atoms with van der Waals surface area (Å²) in [5.74, 6) is 0.866. The Balaban J connectivity index is 1.96. The first-order valence-corrected chi connectivity index (χ1v) is 6.36. The third-order valence-corrected chi connectivity index (χ3v) is 3.39. The summed E-state index contributed by atoms with van der Waals surface area (Å²) < 4.78 is 7.80. The average molecular weight is 237 g/mol. The summed E-state index contributed by atoms with van der Waals surface area (Å²) in [6.07, 6.45) is 4.41. The van der Waals surface area contributed by atoms with E-state index in [0.29, 0.717) is 6.10 Å². The van der Waals surface area contributed by atoms with Crippen LogP contribution in [0.15, 0.2) is 12.3 Å². The second-order valence-corrected chi connectivity index (χ2v) is 5.79. The fraction of sp³-hybridized carbons (Fsp3) is 0.769. The van der Waals surface area contributed by atoms with E-state index < -0.39 is 0 Å². The van der Waals surface area contributed by atoms with Gasteiger partial charge in [0.25, 0.3) is 0 Å². The maximum Gasteiger partial charge on any atom is 0.211 e. The van der Waals surface area contributed by atoms with Crippen LogP contribution in [0.25, 0.3) is 0 Å². The highest BCUT2D eigenvalue weighted by Crippen LogP contribution is 2.23. The van der Waals surface area contributed by atoms with Crippen molar-refractivity contribution in [3.63, 3.8) is 0 Å². The molecule has 1 aromatic rings. The summed E-state index contributed by atoms with van der Waals surface area (Å²) in [7, 11) is 1.92. The lowest BCUT2D eigenvalue weighted by Gasteiger charge is -2.41. The molecule has 0 saturated carbocycles. The molecule has 0 aromatic carbocycles. The van der Waals surface area contributed by atoms with Crippen molar-refractivity contribution < 1.29 is 4.74 Å². The molecular weight excluding hydrogens is 214 g/mol. The summed E-state index contributed by atoms with van der Waals surface area (Å²) in [4.78, 5) is 2.50. The van der Waals surface area contributed by atoms with Crippen molar-refractivity contribution in [2.24, 2.45) is 7.05 Å². The van der Waals surface area contributed by atoms with E-state index in [1.54, 1.807) is 10.9 Å². The minimum Gasteiger partial charge on any atom is -0.473 e. The van der Waals surface area contributed by atoms with Crippen molar-refractivity contribution in [2.75, 3.05) is 13.1 Å². The predicted octanol–water partition coefficient (Wildman–Crippen LogP) is 2.06. The van der Waals surface area contributed by atoms with Gasteiger partial charge in [-0.2, -0.15) is 5.10 Å². The van der Waals surface area contributed by atoms with Gasteiger partial charge < -0.3 is 4.74 Å². The number of rotatable bonds is 2. The van der Waals surface area contributed by atoms with Gasteiger partial charge >= 0.3 is 0 Å². The van der Waals surface area contributed by atoms with E-state index in [1.807, 2.05) is 13.1 Å². The Bertz CT molecular complexity index is 367. The van der Waals surface area contributed by atoms with Gasteiger partial charge in [0.2, 0.25) is 5.88 Å². The van der Waals surface area contributed by atoms with Gasteiger partial charge in [-0.1, -0.05) is 0 Å². The third-order valence-electron chi connectivity index (χ3n) is 3.39. The summed E-state index contributed by atoms with van der Waals surface area (Å²) in [5, 5.41) is 4.13. The molecule has 1 unspecified atom stereocenters. The van der Waals surface area contributed by atoms with Gasteiger partial charge in [-0.05, 0) is 40.2 Å². The van der Waals surface area contributed by atoms with Crippen molar-refractivity contribution in [1.29, 1.82) is 0 Å². The second kappa shape index (κ2) is 4.69. The zero-order valence-electron chi connectivity index (χ0n) is 11.3. The molecule has 0 aliphatic carbocycles. The molecule has 0 spiro atoms. The first-order valence-electron chi connectivity index (χ1n) is 6.36. The maximum absolute atomic E-state index is 6.01. The van der Waals surface area contributed by atoms with E-state index >= 15 is 0 Å². The lowest BCUT2D eigenvalue weighted by molar-refractivity contribution is 0.0308. The van der Waals surface area contributed by atoms with Crippen LogP contribution in [-0.2, 0) is 7.05 Å². The van der Waals surface area contributed by atoms with E-state index in [-0.39, 0.29) is 5.54 Å². The van der Waals surface area contributed by atoms with Gasteiger partial charge in [-0.25, -0.2) is 4.68 Å². The number of hydrogen-bond donors (Lipinski definition) is 0. The van der Waals surface area contributed by atoms with E-state index in [4.69, 9.17) is 4.74 Å². The smallest absolute Gasteiger partial charge is 0.211 e. The van der Waals surface area contributed by atoms with Crippen LogP contribution in [0, 0.1) is 0 Å². The lowest BCUT2D eigenvalue weighted by Crippen LogP contribution is -2.50. The number of nitrogens with zero attached hydrogens (tertiary/aromatic N) is 3. The molecule has 1 fully saturated rings. The van der Waals surface area contributed by atoms with Crippen LogP contribution in [-0.4, -0.2) is 39.4 Å². The zero-order valence-corrected chi connectivity index (χ0v) is 11.3. The van der Waals surface area contributed by atoms with Crippen molar-refractivity contribution in [2.45, 2.75) is 45.3 Å². The molecular formula is C13H23N3O. The Morgan fingerprint density at radius 3 is 2.76 bits per heavy atom. The highest BCUT2D eigenvalue weighted by Gasteiger charge is 2.29. The van der Waals surface area contributed by atoms with E-state index in [2.05, 4.69) is 30.8 Å². The normalized spacial score (nSPS) is 22.7. The van der Waals surface area contributed by atoms with E-state index in [0.717, 1.165) is 18.8 Å². The average Bonchev–Trinajstić information content (AvgIpc) is 2.64. The first kappa shape index (κ1) is 12.4. The molecule has 1 aliphatic heterocycles. The molecule has 4 nitrogen and oxygen atoms in total. The SMILES string of the molecule is Cn1nccc1OC1CCCN(C(C)(C)C)C1. The fourth-order valence-corrected chi connectivity index (χ4v) is 2.29. The number of ether oxygens (including phenoxy) is 1. The second-order valence-electron chi connectivity index (χ2n) is 5.79. The van der Waals surface area contributed by atoms with Crippen molar-refractivity contribution in [3.05, 3.63) is 12.3 Å². The Morgan fingerprint density at radius 1 is 1.41 bits per heavy atom. The molecule has 96 valence electrons. The maximum atomic E-state index is 6.01. The van der Waals surface area contributed by atoms with Crippen molar-refractivity contribution in [1.82, 2.24) is 14.7 Å². The molecule has 1 saturated heterocycles. The molecule has 1 atom stereocenters. The molecule has 0 amide bonds. The monoisotopic (exact) mass is 237 g/mol. The molecule has 17 heavy (non-hydrogen) atoms. The first-order chi connectivity index (χ1) is 7.97. The van der Waals surface area contributed by atoms with Gasteiger partial charge in [0.1, 0.15) is 6.10 Å². The number of aryl methyl sites for hydroxylation is 1. The summed E-state index contributed by atoms with van der Waals surface area (Å²) in [6.45, 7) is 8.97. The van der Waals surface area contributed by atoms with Gasteiger partial charge in [0.15, 0.2) is 0 Å². The van der Waals surface area contributed by atoms with Crippen LogP contribution in [0.4, 0.5) is 0 Å². The van der Waals surface area contributed by atoms with Gasteiger partial charge in [0.05, 0.1) is 6.20 Å². The van der Waals surface area contributed by atoms with Gasteiger partial charge in [0, 0.05) is 25.2 Å². The summed E-state index contributed by atoms with van der Waals surface area (Å²) in [5.41, 5.74) is 0.231. The number of aromatic nitrogens is 2. The van der Waals surface area contributed by atoms with Crippen molar-refractivity contribution >= 4 is 0 Å². The number of hydrogen-bond acceptors (Lipinski definition) is 3. The molecule has 0 N–H and O–H groups in total. The Morgan fingerprint density at radius 2 is 2.18 bits per heavy atom.